The lowest BCUT2D eigenvalue weighted by Crippen LogP contribution is -2.43. The number of piperazine rings is 1. The van der Waals surface area contributed by atoms with E-state index in [1.807, 2.05) is 0 Å². The van der Waals surface area contributed by atoms with Crippen molar-refractivity contribution in [2.24, 2.45) is 0 Å². The van der Waals surface area contributed by atoms with Crippen LogP contribution in [-0.2, 0) is 0 Å². The Labute approximate surface area is 104 Å². The monoisotopic (exact) mass is 234 g/mol. The zero-order valence-corrected chi connectivity index (χ0v) is 11.0. The number of nitrogens with one attached hydrogen (secondary N) is 1. The van der Waals surface area contributed by atoms with Crippen molar-refractivity contribution in [2.45, 2.75) is 26.9 Å². The molecule has 0 saturated carbocycles. The van der Waals surface area contributed by atoms with Gasteiger partial charge in [0.25, 0.3) is 0 Å². The van der Waals surface area contributed by atoms with Gasteiger partial charge in [-0.3, -0.25) is 0 Å². The maximum atomic E-state index is 5.71. The molecule has 0 amide bonds. The topological polar surface area (TPSA) is 24.5 Å². The number of hydrogen-bond donors (Lipinski definition) is 1. The van der Waals surface area contributed by atoms with Gasteiger partial charge >= 0.3 is 0 Å². The standard InChI is InChI=1S/C14H22N2O/c1-11(2)17-13-4-5-14(12(3)10-13)16-8-6-15-7-9-16/h4-5,10-11,15H,6-9H2,1-3H3. The zero-order chi connectivity index (χ0) is 12.3. The molecule has 1 aliphatic heterocycles. The first-order chi connectivity index (χ1) is 8.16. The number of rotatable bonds is 3. The number of nitrogens with zero attached hydrogens (tertiary/aromatic N) is 1. The molecule has 0 radical (unpaired) electrons. The summed E-state index contributed by atoms with van der Waals surface area (Å²) in [6.45, 7) is 10.6. The average Bonchev–Trinajstić information content (AvgIpc) is 2.29. The van der Waals surface area contributed by atoms with E-state index in [0.717, 1.165) is 31.9 Å². The fourth-order valence-electron chi connectivity index (χ4n) is 2.23. The van der Waals surface area contributed by atoms with Crippen molar-refractivity contribution in [3.63, 3.8) is 0 Å². The Morgan fingerprint density at radius 3 is 2.53 bits per heavy atom. The van der Waals surface area contributed by atoms with Crippen LogP contribution in [0.5, 0.6) is 5.75 Å². The Balaban J connectivity index is 2.13. The summed E-state index contributed by atoms with van der Waals surface area (Å²) in [5, 5.41) is 3.38. The molecule has 1 aromatic rings. The predicted molar refractivity (Wildman–Crippen MR) is 72.0 cm³/mol. The van der Waals surface area contributed by atoms with Crippen molar-refractivity contribution >= 4 is 5.69 Å². The van der Waals surface area contributed by atoms with Gasteiger partial charge in [-0.1, -0.05) is 0 Å². The summed E-state index contributed by atoms with van der Waals surface area (Å²) in [6.07, 6.45) is 0.236. The van der Waals surface area contributed by atoms with Crippen molar-refractivity contribution in [3.05, 3.63) is 23.8 Å². The van der Waals surface area contributed by atoms with Gasteiger partial charge in [-0.2, -0.15) is 0 Å². The predicted octanol–water partition coefficient (Wildman–Crippen LogP) is 2.19. The molecule has 1 fully saturated rings. The molecule has 1 saturated heterocycles. The van der Waals surface area contributed by atoms with Gasteiger partial charge in [0.15, 0.2) is 0 Å². The lowest BCUT2D eigenvalue weighted by Gasteiger charge is -2.31. The van der Waals surface area contributed by atoms with Gasteiger partial charge in [0, 0.05) is 31.9 Å². The Kier molecular flexibility index (Phi) is 3.89. The summed E-state index contributed by atoms with van der Waals surface area (Å²) >= 11 is 0. The van der Waals surface area contributed by atoms with Crippen LogP contribution in [0.3, 0.4) is 0 Å². The van der Waals surface area contributed by atoms with E-state index in [0.29, 0.717) is 0 Å². The molecule has 0 aliphatic carbocycles. The molecule has 1 aromatic carbocycles. The molecular weight excluding hydrogens is 212 g/mol. The van der Waals surface area contributed by atoms with E-state index >= 15 is 0 Å². The second-order valence-corrected chi connectivity index (χ2v) is 4.85. The van der Waals surface area contributed by atoms with Gasteiger partial charge in [-0.15, -0.1) is 0 Å². The largest absolute Gasteiger partial charge is 0.491 e. The van der Waals surface area contributed by atoms with Crippen LogP contribution in [0, 0.1) is 6.92 Å². The fourth-order valence-corrected chi connectivity index (χ4v) is 2.23. The summed E-state index contributed by atoms with van der Waals surface area (Å²) < 4.78 is 5.71. The second-order valence-electron chi connectivity index (χ2n) is 4.85. The summed E-state index contributed by atoms with van der Waals surface area (Å²) in [7, 11) is 0. The Hall–Kier alpha value is -1.22. The van der Waals surface area contributed by atoms with Crippen LogP contribution in [0.15, 0.2) is 18.2 Å². The molecular formula is C14H22N2O. The number of aryl methyl sites for hydroxylation is 1. The molecule has 0 spiro atoms. The van der Waals surface area contributed by atoms with Crippen LogP contribution in [-0.4, -0.2) is 32.3 Å². The van der Waals surface area contributed by atoms with E-state index in [-0.39, 0.29) is 6.10 Å². The first kappa shape index (κ1) is 12.2. The van der Waals surface area contributed by atoms with E-state index in [9.17, 15) is 0 Å². The van der Waals surface area contributed by atoms with E-state index in [2.05, 4.69) is 49.2 Å². The molecule has 3 heteroatoms. The molecule has 0 bridgehead atoms. The van der Waals surface area contributed by atoms with Gasteiger partial charge in [0.1, 0.15) is 5.75 Å². The molecule has 1 heterocycles. The van der Waals surface area contributed by atoms with Crippen LogP contribution < -0.4 is 15.0 Å². The average molecular weight is 234 g/mol. The Morgan fingerprint density at radius 1 is 1.24 bits per heavy atom. The highest BCUT2D eigenvalue weighted by Gasteiger charge is 2.12. The minimum absolute atomic E-state index is 0.236. The molecule has 1 N–H and O–H groups in total. The van der Waals surface area contributed by atoms with Crippen LogP contribution in [0.25, 0.3) is 0 Å². The second kappa shape index (κ2) is 5.41. The molecule has 94 valence electrons. The smallest absolute Gasteiger partial charge is 0.120 e. The first-order valence-electron chi connectivity index (χ1n) is 6.40. The van der Waals surface area contributed by atoms with Gasteiger partial charge < -0.3 is 15.0 Å². The third-order valence-electron chi connectivity index (χ3n) is 3.00. The summed E-state index contributed by atoms with van der Waals surface area (Å²) in [5.41, 5.74) is 2.63. The third-order valence-corrected chi connectivity index (χ3v) is 3.00. The van der Waals surface area contributed by atoms with Crippen LogP contribution in [0.1, 0.15) is 19.4 Å². The van der Waals surface area contributed by atoms with E-state index in [1.165, 1.54) is 11.3 Å². The minimum Gasteiger partial charge on any atom is -0.491 e. The minimum atomic E-state index is 0.236. The number of ether oxygens (including phenoxy) is 1. The van der Waals surface area contributed by atoms with E-state index in [4.69, 9.17) is 4.74 Å². The molecule has 0 aromatic heterocycles. The highest BCUT2D eigenvalue weighted by molar-refractivity contribution is 5.56. The third kappa shape index (κ3) is 3.13. The first-order valence-corrected chi connectivity index (χ1v) is 6.40. The maximum Gasteiger partial charge on any atom is 0.120 e. The molecule has 3 nitrogen and oxygen atoms in total. The molecule has 17 heavy (non-hydrogen) atoms. The SMILES string of the molecule is Cc1cc(OC(C)C)ccc1N1CCNCC1. The molecule has 0 unspecified atom stereocenters. The van der Waals surface area contributed by atoms with E-state index < -0.39 is 0 Å². The van der Waals surface area contributed by atoms with Crippen molar-refractivity contribution < 1.29 is 4.74 Å². The summed E-state index contributed by atoms with van der Waals surface area (Å²) in [4.78, 5) is 2.44. The van der Waals surface area contributed by atoms with Crippen molar-refractivity contribution in [1.82, 2.24) is 5.32 Å². The van der Waals surface area contributed by atoms with Crippen molar-refractivity contribution in [2.75, 3.05) is 31.1 Å². The highest BCUT2D eigenvalue weighted by Crippen LogP contribution is 2.25. The summed E-state index contributed by atoms with van der Waals surface area (Å²) in [5.74, 6) is 0.969. The van der Waals surface area contributed by atoms with Crippen LogP contribution >= 0.6 is 0 Å². The quantitative estimate of drug-likeness (QED) is 0.867. The Morgan fingerprint density at radius 2 is 1.94 bits per heavy atom. The van der Waals surface area contributed by atoms with Crippen LogP contribution in [0.2, 0.25) is 0 Å². The molecule has 1 aliphatic rings. The number of hydrogen-bond acceptors (Lipinski definition) is 3. The Bertz CT molecular complexity index is 370. The molecule has 2 rings (SSSR count). The van der Waals surface area contributed by atoms with Gasteiger partial charge in [-0.05, 0) is 44.5 Å². The van der Waals surface area contributed by atoms with Crippen molar-refractivity contribution in [3.8, 4) is 5.75 Å². The summed E-state index contributed by atoms with van der Waals surface area (Å²) in [6, 6.07) is 6.39. The maximum absolute atomic E-state index is 5.71. The molecule has 0 atom stereocenters. The van der Waals surface area contributed by atoms with Gasteiger partial charge in [-0.25, -0.2) is 0 Å². The number of anilines is 1. The van der Waals surface area contributed by atoms with E-state index in [1.54, 1.807) is 0 Å². The van der Waals surface area contributed by atoms with Gasteiger partial charge in [0.2, 0.25) is 0 Å². The van der Waals surface area contributed by atoms with Gasteiger partial charge in [0.05, 0.1) is 6.10 Å². The lowest BCUT2D eigenvalue weighted by atomic mass is 10.1. The zero-order valence-electron chi connectivity index (χ0n) is 11.0. The normalized spacial score (nSPS) is 16.4. The fraction of sp³-hybridized carbons (Fsp3) is 0.571. The van der Waals surface area contributed by atoms with Crippen LogP contribution in [0.4, 0.5) is 5.69 Å². The van der Waals surface area contributed by atoms with Crippen molar-refractivity contribution in [1.29, 1.82) is 0 Å². The highest BCUT2D eigenvalue weighted by atomic mass is 16.5. The lowest BCUT2D eigenvalue weighted by molar-refractivity contribution is 0.242. The number of benzene rings is 1.